The summed E-state index contributed by atoms with van der Waals surface area (Å²) in [6.07, 6.45) is 1.10. The van der Waals surface area contributed by atoms with E-state index in [4.69, 9.17) is 4.74 Å². The van der Waals surface area contributed by atoms with Crippen LogP contribution in [-0.2, 0) is 22.4 Å². The van der Waals surface area contributed by atoms with Crippen molar-refractivity contribution >= 4 is 17.9 Å². The van der Waals surface area contributed by atoms with Gasteiger partial charge in [-0.2, -0.15) is 5.10 Å². The van der Waals surface area contributed by atoms with Gasteiger partial charge in [-0.05, 0) is 57.4 Å². The summed E-state index contributed by atoms with van der Waals surface area (Å²) in [7, 11) is 0. The van der Waals surface area contributed by atoms with Gasteiger partial charge in [0.05, 0.1) is 5.69 Å². The van der Waals surface area contributed by atoms with E-state index in [9.17, 15) is 18.8 Å². The van der Waals surface area contributed by atoms with Gasteiger partial charge in [0, 0.05) is 17.8 Å². The first-order valence-corrected chi connectivity index (χ1v) is 9.07. The quantitative estimate of drug-likeness (QED) is 0.762. The molecule has 1 aromatic heterocycles. The van der Waals surface area contributed by atoms with Gasteiger partial charge in [-0.3, -0.25) is 10.1 Å². The molecule has 3 amide bonds. The monoisotopic (exact) mass is 388 g/mol. The van der Waals surface area contributed by atoms with Gasteiger partial charge in [0.1, 0.15) is 5.82 Å². The molecule has 1 heterocycles. The molecule has 9 heteroatoms. The van der Waals surface area contributed by atoms with E-state index in [0.29, 0.717) is 18.7 Å². The van der Waals surface area contributed by atoms with Gasteiger partial charge in [-0.25, -0.2) is 18.7 Å². The molecule has 8 nitrogen and oxygen atoms in total. The second-order valence-corrected chi connectivity index (χ2v) is 6.41. The number of imide groups is 1. The van der Waals surface area contributed by atoms with Crippen molar-refractivity contribution in [2.24, 2.45) is 0 Å². The molecule has 0 aliphatic heterocycles. The average molecular weight is 388 g/mol. The van der Waals surface area contributed by atoms with Gasteiger partial charge in [0.25, 0.3) is 5.91 Å². The van der Waals surface area contributed by atoms with E-state index in [-0.39, 0.29) is 11.5 Å². The molecule has 0 fully saturated rings. The van der Waals surface area contributed by atoms with E-state index in [1.165, 1.54) is 19.1 Å². The Bertz CT molecular complexity index is 907. The lowest BCUT2D eigenvalue weighted by Gasteiger charge is -2.12. The Morgan fingerprint density at radius 2 is 1.96 bits per heavy atom. The molecule has 1 aromatic carbocycles. The minimum atomic E-state index is -1.16. The number of benzene rings is 1. The topological polar surface area (TPSA) is 102 Å². The molecule has 0 spiro atoms. The summed E-state index contributed by atoms with van der Waals surface area (Å²) in [5.41, 5.74) is 2.42. The first-order chi connectivity index (χ1) is 13.4. The van der Waals surface area contributed by atoms with Gasteiger partial charge >= 0.3 is 12.0 Å². The zero-order valence-corrected chi connectivity index (χ0v) is 15.6. The summed E-state index contributed by atoms with van der Waals surface area (Å²) in [5, 5.41) is 8.86. The van der Waals surface area contributed by atoms with E-state index in [1.54, 1.807) is 23.7 Å². The fourth-order valence-corrected chi connectivity index (χ4v) is 3.09. The third-order valence-corrected chi connectivity index (χ3v) is 4.42. The summed E-state index contributed by atoms with van der Waals surface area (Å²) in [6.45, 7) is 3.45. The maximum atomic E-state index is 13.2. The summed E-state index contributed by atoms with van der Waals surface area (Å²) in [4.78, 5) is 36.0. The summed E-state index contributed by atoms with van der Waals surface area (Å²) < 4.78 is 20.0. The number of carbonyl (C=O) groups excluding carboxylic acids is 3. The number of fused-ring (bicyclic) bond motifs is 1. The normalized spacial score (nSPS) is 13.5. The first-order valence-electron chi connectivity index (χ1n) is 9.07. The van der Waals surface area contributed by atoms with E-state index in [2.05, 4.69) is 15.7 Å². The number of hydrogen-bond acceptors (Lipinski definition) is 5. The fraction of sp³-hybridized carbons (Fsp3) is 0.368. The molecule has 2 aromatic rings. The molecular formula is C19H21FN4O4. The number of carbonyl (C=O) groups is 3. The number of amides is 3. The Balaban J connectivity index is 1.77. The lowest BCUT2D eigenvalue weighted by Crippen LogP contribution is -2.44. The molecule has 0 saturated carbocycles. The highest BCUT2D eigenvalue weighted by Crippen LogP contribution is 2.28. The Hall–Kier alpha value is -3.23. The van der Waals surface area contributed by atoms with Gasteiger partial charge in [0.2, 0.25) is 0 Å². The van der Waals surface area contributed by atoms with Crippen molar-refractivity contribution in [2.75, 3.05) is 6.54 Å². The van der Waals surface area contributed by atoms with Crippen LogP contribution in [0.4, 0.5) is 9.18 Å². The molecule has 2 N–H and O–H groups in total. The summed E-state index contributed by atoms with van der Waals surface area (Å²) in [6, 6.07) is 5.15. The van der Waals surface area contributed by atoms with Crippen LogP contribution in [0, 0.1) is 5.82 Å². The molecule has 1 atom stereocenters. The van der Waals surface area contributed by atoms with E-state index < -0.39 is 24.0 Å². The van der Waals surface area contributed by atoms with Crippen LogP contribution in [0.15, 0.2) is 24.3 Å². The van der Waals surface area contributed by atoms with Crippen LogP contribution >= 0.6 is 0 Å². The summed E-state index contributed by atoms with van der Waals surface area (Å²) in [5.74, 6) is -1.83. The molecule has 1 aliphatic carbocycles. The Kier molecular flexibility index (Phi) is 5.72. The Labute approximate surface area is 161 Å². The third kappa shape index (κ3) is 4.03. The molecule has 0 bridgehead atoms. The molecular weight excluding hydrogens is 367 g/mol. The van der Waals surface area contributed by atoms with Gasteiger partial charge < -0.3 is 10.1 Å². The van der Waals surface area contributed by atoms with Crippen molar-refractivity contribution in [3.63, 3.8) is 0 Å². The lowest BCUT2D eigenvalue weighted by atomic mass is 10.2. The van der Waals surface area contributed by atoms with Crippen molar-refractivity contribution < 1.29 is 23.5 Å². The number of aromatic nitrogens is 2. The number of hydrogen-bond donors (Lipinski definition) is 2. The van der Waals surface area contributed by atoms with Crippen molar-refractivity contribution in [1.82, 2.24) is 20.4 Å². The number of halogens is 1. The number of esters is 1. The minimum absolute atomic E-state index is 0.134. The number of urea groups is 1. The Morgan fingerprint density at radius 1 is 1.25 bits per heavy atom. The molecule has 3 rings (SSSR count). The van der Waals surface area contributed by atoms with Crippen LogP contribution in [0.3, 0.4) is 0 Å². The maximum absolute atomic E-state index is 13.2. The van der Waals surface area contributed by atoms with E-state index in [0.717, 1.165) is 24.1 Å². The minimum Gasteiger partial charge on any atom is -0.448 e. The highest BCUT2D eigenvalue weighted by Gasteiger charge is 2.30. The van der Waals surface area contributed by atoms with Gasteiger partial charge in [0.15, 0.2) is 11.8 Å². The highest BCUT2D eigenvalue weighted by molar-refractivity contribution is 5.98. The van der Waals surface area contributed by atoms with Crippen molar-refractivity contribution in [3.05, 3.63) is 47.0 Å². The fourth-order valence-electron chi connectivity index (χ4n) is 3.09. The van der Waals surface area contributed by atoms with E-state index >= 15 is 0 Å². The standard InChI is InChI=1S/C19H21FN4O4/c1-3-21-19(27)22-17(25)11(2)28-18(26)16-14-5-4-6-15(14)24(23-16)13-9-7-12(20)8-10-13/h7-11H,3-6H2,1-2H3,(H2,21,22,25,27)/t11-/m1/s1. The number of ether oxygens (including phenoxy) is 1. The van der Waals surface area contributed by atoms with Crippen LogP contribution in [0.2, 0.25) is 0 Å². The van der Waals surface area contributed by atoms with Crippen LogP contribution in [-0.4, -0.2) is 40.3 Å². The molecule has 0 unspecified atom stereocenters. The highest BCUT2D eigenvalue weighted by atomic mass is 19.1. The third-order valence-electron chi connectivity index (χ3n) is 4.42. The zero-order chi connectivity index (χ0) is 20.3. The van der Waals surface area contributed by atoms with E-state index in [1.807, 2.05) is 0 Å². The predicted octanol–water partition coefficient (Wildman–Crippen LogP) is 1.89. The predicted molar refractivity (Wildman–Crippen MR) is 97.6 cm³/mol. The van der Waals surface area contributed by atoms with Crippen molar-refractivity contribution in [3.8, 4) is 5.69 Å². The number of rotatable bonds is 5. The molecule has 0 saturated heterocycles. The first kappa shape index (κ1) is 19.5. The van der Waals surface area contributed by atoms with Crippen LogP contribution in [0.1, 0.15) is 42.0 Å². The second-order valence-electron chi connectivity index (χ2n) is 6.41. The van der Waals surface area contributed by atoms with Crippen LogP contribution < -0.4 is 10.6 Å². The van der Waals surface area contributed by atoms with Crippen LogP contribution in [0.5, 0.6) is 0 Å². The van der Waals surface area contributed by atoms with Crippen LogP contribution in [0.25, 0.3) is 5.69 Å². The SMILES string of the molecule is CCNC(=O)NC(=O)[C@@H](C)OC(=O)c1nn(-c2ccc(F)cc2)c2c1CCC2. The van der Waals surface area contributed by atoms with Crippen molar-refractivity contribution in [2.45, 2.75) is 39.2 Å². The average Bonchev–Trinajstić information content (AvgIpc) is 3.25. The maximum Gasteiger partial charge on any atom is 0.359 e. The molecule has 148 valence electrons. The second kappa shape index (κ2) is 8.20. The summed E-state index contributed by atoms with van der Waals surface area (Å²) >= 11 is 0. The lowest BCUT2D eigenvalue weighted by molar-refractivity contribution is -0.127. The molecule has 0 radical (unpaired) electrons. The van der Waals surface area contributed by atoms with Gasteiger partial charge in [-0.1, -0.05) is 0 Å². The molecule has 28 heavy (non-hydrogen) atoms. The largest absolute Gasteiger partial charge is 0.448 e. The van der Waals surface area contributed by atoms with Gasteiger partial charge in [-0.15, -0.1) is 0 Å². The smallest absolute Gasteiger partial charge is 0.359 e. The molecule has 1 aliphatic rings. The number of nitrogens with one attached hydrogen (secondary N) is 2. The number of nitrogens with zero attached hydrogens (tertiary/aromatic N) is 2. The van der Waals surface area contributed by atoms with Crippen molar-refractivity contribution in [1.29, 1.82) is 0 Å². The Morgan fingerprint density at radius 3 is 2.64 bits per heavy atom. The zero-order valence-electron chi connectivity index (χ0n) is 15.6.